The van der Waals surface area contributed by atoms with Crippen molar-refractivity contribution in [3.63, 3.8) is 0 Å². The molecular formula is C12H12Cl2FN3O. The zero-order chi connectivity index (χ0) is 13.8. The second kappa shape index (κ2) is 6.32. The van der Waals surface area contributed by atoms with E-state index in [2.05, 4.69) is 20.0 Å². The Morgan fingerprint density at radius 1 is 1.37 bits per heavy atom. The number of aromatic nitrogens is 2. The van der Waals surface area contributed by atoms with Crippen molar-refractivity contribution in [3.8, 4) is 0 Å². The largest absolute Gasteiger partial charge is 0.343 e. The van der Waals surface area contributed by atoms with Crippen LogP contribution in [0, 0.1) is 5.82 Å². The van der Waals surface area contributed by atoms with E-state index in [1.54, 1.807) is 0 Å². The third-order valence-electron chi connectivity index (χ3n) is 2.71. The molecule has 1 unspecified atom stereocenters. The summed E-state index contributed by atoms with van der Waals surface area (Å²) in [6.45, 7) is 2.52. The molecule has 1 aromatic carbocycles. The molecule has 1 N–H and O–H groups in total. The summed E-state index contributed by atoms with van der Waals surface area (Å²) in [7, 11) is 0. The zero-order valence-corrected chi connectivity index (χ0v) is 11.7. The first-order valence-electron chi connectivity index (χ1n) is 5.71. The first-order chi connectivity index (χ1) is 9.08. The lowest BCUT2D eigenvalue weighted by atomic mass is 10.1. The van der Waals surface area contributed by atoms with E-state index in [4.69, 9.17) is 23.2 Å². The molecule has 0 spiro atoms. The SMILES string of the molecule is CC(NCCc1ncon1)c1cc(F)c(Cl)cc1Cl. The summed E-state index contributed by atoms with van der Waals surface area (Å²) >= 11 is 11.7. The lowest BCUT2D eigenvalue weighted by molar-refractivity contribution is 0.408. The van der Waals surface area contributed by atoms with Crippen LogP contribution >= 0.6 is 23.2 Å². The summed E-state index contributed by atoms with van der Waals surface area (Å²) in [4.78, 5) is 3.91. The van der Waals surface area contributed by atoms with Gasteiger partial charge in [0.1, 0.15) is 5.82 Å². The molecule has 7 heteroatoms. The maximum Gasteiger partial charge on any atom is 0.213 e. The Bertz CT molecular complexity index is 548. The van der Waals surface area contributed by atoms with Crippen molar-refractivity contribution in [2.75, 3.05) is 6.54 Å². The number of halogens is 3. The van der Waals surface area contributed by atoms with Gasteiger partial charge >= 0.3 is 0 Å². The van der Waals surface area contributed by atoms with Gasteiger partial charge < -0.3 is 9.84 Å². The van der Waals surface area contributed by atoms with Gasteiger partial charge in [0.05, 0.1) is 5.02 Å². The van der Waals surface area contributed by atoms with Gasteiger partial charge in [-0.15, -0.1) is 0 Å². The van der Waals surface area contributed by atoms with Gasteiger partial charge in [-0.05, 0) is 24.6 Å². The maximum atomic E-state index is 13.4. The molecule has 102 valence electrons. The van der Waals surface area contributed by atoms with Gasteiger partial charge in [-0.2, -0.15) is 4.98 Å². The van der Waals surface area contributed by atoms with Crippen LogP contribution in [0.15, 0.2) is 23.0 Å². The molecule has 1 heterocycles. The first-order valence-corrected chi connectivity index (χ1v) is 6.46. The second-order valence-electron chi connectivity index (χ2n) is 4.06. The zero-order valence-electron chi connectivity index (χ0n) is 10.2. The topological polar surface area (TPSA) is 51.0 Å². The average Bonchev–Trinajstić information content (AvgIpc) is 2.86. The van der Waals surface area contributed by atoms with Gasteiger partial charge in [-0.1, -0.05) is 28.4 Å². The van der Waals surface area contributed by atoms with Crippen LogP contribution in [0.3, 0.4) is 0 Å². The van der Waals surface area contributed by atoms with Crippen molar-refractivity contribution in [1.82, 2.24) is 15.5 Å². The lowest BCUT2D eigenvalue weighted by Gasteiger charge is -2.15. The summed E-state index contributed by atoms with van der Waals surface area (Å²) in [6.07, 6.45) is 1.90. The molecule has 0 aliphatic heterocycles. The van der Waals surface area contributed by atoms with E-state index in [9.17, 15) is 4.39 Å². The molecule has 19 heavy (non-hydrogen) atoms. The molecule has 0 saturated heterocycles. The molecule has 1 atom stereocenters. The van der Waals surface area contributed by atoms with Crippen LogP contribution in [0.5, 0.6) is 0 Å². The van der Waals surface area contributed by atoms with Crippen molar-refractivity contribution in [3.05, 3.63) is 45.8 Å². The fourth-order valence-electron chi connectivity index (χ4n) is 1.68. The fourth-order valence-corrected chi connectivity index (χ4v) is 2.23. The lowest BCUT2D eigenvalue weighted by Crippen LogP contribution is -2.22. The van der Waals surface area contributed by atoms with Gasteiger partial charge in [-0.3, -0.25) is 0 Å². The van der Waals surface area contributed by atoms with Crippen LogP contribution in [0.2, 0.25) is 10.0 Å². The predicted octanol–water partition coefficient (Wildman–Crippen LogP) is 3.41. The number of hydrogen-bond donors (Lipinski definition) is 1. The van der Waals surface area contributed by atoms with Gasteiger partial charge in [0.25, 0.3) is 0 Å². The number of nitrogens with one attached hydrogen (secondary N) is 1. The Morgan fingerprint density at radius 2 is 2.16 bits per heavy atom. The summed E-state index contributed by atoms with van der Waals surface area (Å²) < 4.78 is 18.0. The normalized spacial score (nSPS) is 12.6. The van der Waals surface area contributed by atoms with Crippen molar-refractivity contribution in [2.45, 2.75) is 19.4 Å². The first kappa shape index (κ1) is 14.2. The van der Waals surface area contributed by atoms with Crippen molar-refractivity contribution < 1.29 is 8.91 Å². The van der Waals surface area contributed by atoms with E-state index in [1.165, 1.54) is 18.5 Å². The van der Waals surface area contributed by atoms with E-state index in [0.29, 0.717) is 29.4 Å². The highest BCUT2D eigenvalue weighted by molar-refractivity contribution is 6.35. The molecule has 2 aromatic rings. The highest BCUT2D eigenvalue weighted by Gasteiger charge is 2.13. The van der Waals surface area contributed by atoms with Crippen LogP contribution in [-0.2, 0) is 6.42 Å². The summed E-state index contributed by atoms with van der Waals surface area (Å²) in [5.74, 6) is 0.140. The van der Waals surface area contributed by atoms with Crippen LogP contribution in [-0.4, -0.2) is 16.7 Å². The number of benzene rings is 1. The molecule has 1 aromatic heterocycles. The Hall–Kier alpha value is -1.17. The summed E-state index contributed by atoms with van der Waals surface area (Å²) in [5.41, 5.74) is 0.664. The third-order valence-corrected chi connectivity index (χ3v) is 3.33. The second-order valence-corrected chi connectivity index (χ2v) is 4.88. The van der Waals surface area contributed by atoms with Gasteiger partial charge in [-0.25, -0.2) is 4.39 Å². The highest BCUT2D eigenvalue weighted by Crippen LogP contribution is 2.28. The molecule has 0 bridgehead atoms. The van der Waals surface area contributed by atoms with E-state index in [0.717, 1.165) is 0 Å². The molecule has 4 nitrogen and oxygen atoms in total. The smallest absolute Gasteiger partial charge is 0.213 e. The number of rotatable bonds is 5. The maximum absolute atomic E-state index is 13.4. The Morgan fingerprint density at radius 3 is 2.84 bits per heavy atom. The van der Waals surface area contributed by atoms with Gasteiger partial charge in [0.15, 0.2) is 5.82 Å². The molecule has 0 amide bonds. The molecule has 0 fully saturated rings. The quantitative estimate of drug-likeness (QED) is 0.860. The minimum absolute atomic E-state index is 0.0211. The third kappa shape index (κ3) is 3.65. The summed E-state index contributed by atoms with van der Waals surface area (Å²) in [6, 6.07) is 2.65. The van der Waals surface area contributed by atoms with Crippen molar-refractivity contribution in [2.24, 2.45) is 0 Å². The number of nitrogens with zero attached hydrogens (tertiary/aromatic N) is 2. The predicted molar refractivity (Wildman–Crippen MR) is 70.8 cm³/mol. The summed E-state index contributed by atoms with van der Waals surface area (Å²) in [5, 5.41) is 7.37. The minimum atomic E-state index is -0.479. The van der Waals surface area contributed by atoms with Crippen LogP contribution < -0.4 is 5.32 Å². The fraction of sp³-hybridized carbons (Fsp3) is 0.333. The Labute approximate surface area is 119 Å². The monoisotopic (exact) mass is 303 g/mol. The number of hydrogen-bond acceptors (Lipinski definition) is 4. The van der Waals surface area contributed by atoms with Gasteiger partial charge in [0.2, 0.25) is 6.39 Å². The van der Waals surface area contributed by atoms with E-state index in [-0.39, 0.29) is 11.1 Å². The van der Waals surface area contributed by atoms with E-state index in [1.807, 2.05) is 6.92 Å². The molecule has 0 aliphatic carbocycles. The van der Waals surface area contributed by atoms with Crippen LogP contribution in [0.25, 0.3) is 0 Å². The van der Waals surface area contributed by atoms with Crippen LogP contribution in [0.4, 0.5) is 4.39 Å². The molecular weight excluding hydrogens is 292 g/mol. The highest BCUT2D eigenvalue weighted by atomic mass is 35.5. The van der Waals surface area contributed by atoms with E-state index < -0.39 is 5.82 Å². The Kier molecular flexibility index (Phi) is 4.74. The van der Waals surface area contributed by atoms with Crippen molar-refractivity contribution >= 4 is 23.2 Å². The molecule has 0 aliphatic rings. The molecule has 0 saturated carbocycles. The van der Waals surface area contributed by atoms with Crippen molar-refractivity contribution in [1.29, 1.82) is 0 Å². The van der Waals surface area contributed by atoms with E-state index >= 15 is 0 Å². The Balaban J connectivity index is 1.96. The average molecular weight is 304 g/mol. The minimum Gasteiger partial charge on any atom is -0.343 e. The van der Waals surface area contributed by atoms with Gasteiger partial charge in [0, 0.05) is 24.0 Å². The molecule has 0 radical (unpaired) electrons. The standard InChI is InChI=1S/C12H12Cl2FN3O/c1-7(16-3-2-12-17-6-19-18-12)8-4-11(15)10(14)5-9(8)13/h4-7,16H,2-3H2,1H3. The van der Waals surface area contributed by atoms with Crippen LogP contribution in [0.1, 0.15) is 24.4 Å². The molecule has 2 rings (SSSR count).